The Bertz CT molecular complexity index is 1440. The summed E-state index contributed by atoms with van der Waals surface area (Å²) in [5.74, 6) is -0.782. The van der Waals surface area contributed by atoms with Crippen LogP contribution in [0.4, 0.5) is 5.82 Å². The van der Waals surface area contributed by atoms with Gasteiger partial charge in [-0.2, -0.15) is 0 Å². The number of allylic oxidation sites excluding steroid dienone is 2. The van der Waals surface area contributed by atoms with Crippen LogP contribution in [0, 0.1) is 5.41 Å². The fourth-order valence-electron chi connectivity index (χ4n) is 5.24. The number of benzene rings is 2. The van der Waals surface area contributed by atoms with E-state index >= 15 is 0 Å². The molecule has 1 fully saturated rings. The van der Waals surface area contributed by atoms with Crippen LogP contribution >= 0.6 is 0 Å². The molecular weight excluding hydrogens is 554 g/mol. The van der Waals surface area contributed by atoms with Crippen molar-refractivity contribution < 1.29 is 19.1 Å². The highest BCUT2D eigenvalue weighted by molar-refractivity contribution is 5.98. The lowest BCUT2D eigenvalue weighted by atomic mass is 9.85. The van der Waals surface area contributed by atoms with E-state index < -0.39 is 29.4 Å². The maximum absolute atomic E-state index is 13.8. The van der Waals surface area contributed by atoms with Crippen LogP contribution in [0.3, 0.4) is 0 Å². The van der Waals surface area contributed by atoms with E-state index in [1.165, 1.54) is 5.57 Å². The van der Waals surface area contributed by atoms with Crippen LogP contribution in [-0.4, -0.2) is 45.3 Å². The Morgan fingerprint density at radius 3 is 2.41 bits per heavy atom. The number of nitrogens with two attached hydrogens (primary N) is 1. The van der Waals surface area contributed by atoms with E-state index in [0.717, 1.165) is 43.2 Å². The predicted octanol–water partition coefficient (Wildman–Crippen LogP) is 5.34. The summed E-state index contributed by atoms with van der Waals surface area (Å²) >= 11 is 0. The predicted molar refractivity (Wildman–Crippen MR) is 172 cm³/mol. The summed E-state index contributed by atoms with van der Waals surface area (Å²) in [6.07, 6.45) is 10.1. The smallest absolute Gasteiger partial charge is 0.250 e. The molecule has 1 heterocycles. The van der Waals surface area contributed by atoms with Gasteiger partial charge in [0.2, 0.25) is 5.91 Å². The van der Waals surface area contributed by atoms with Gasteiger partial charge in [0.15, 0.2) is 11.6 Å². The van der Waals surface area contributed by atoms with Gasteiger partial charge in [-0.3, -0.25) is 14.4 Å². The molecule has 1 aliphatic rings. The van der Waals surface area contributed by atoms with Gasteiger partial charge in [-0.1, -0.05) is 80.1 Å². The quantitative estimate of drug-likeness (QED) is 0.191. The van der Waals surface area contributed by atoms with Gasteiger partial charge in [0.25, 0.3) is 5.91 Å². The lowest BCUT2D eigenvalue weighted by molar-refractivity contribution is -0.130. The minimum Gasteiger partial charge on any atom is -0.374 e. The van der Waals surface area contributed by atoms with Crippen LogP contribution in [0.5, 0.6) is 0 Å². The summed E-state index contributed by atoms with van der Waals surface area (Å²) in [6, 6.07) is 17.4. The van der Waals surface area contributed by atoms with Gasteiger partial charge in [-0.25, -0.2) is 4.98 Å². The Labute approximate surface area is 260 Å². The van der Waals surface area contributed by atoms with Gasteiger partial charge in [0.05, 0.1) is 25.1 Å². The molecule has 44 heavy (non-hydrogen) atoms. The Hall–Kier alpha value is -4.08. The van der Waals surface area contributed by atoms with Crippen LogP contribution in [-0.2, 0) is 25.7 Å². The molecule has 1 unspecified atom stereocenters. The summed E-state index contributed by atoms with van der Waals surface area (Å²) in [4.78, 5) is 44.2. The van der Waals surface area contributed by atoms with Crippen molar-refractivity contribution in [1.82, 2.24) is 14.9 Å². The first-order chi connectivity index (χ1) is 20.9. The molecule has 2 atom stereocenters. The van der Waals surface area contributed by atoms with Crippen molar-refractivity contribution in [1.29, 1.82) is 0 Å². The number of nitrogens with zero attached hydrogens (tertiary/aromatic N) is 2. The zero-order valence-corrected chi connectivity index (χ0v) is 26.2. The third-order valence-corrected chi connectivity index (χ3v) is 7.96. The first kappa shape index (κ1) is 32.8. The van der Waals surface area contributed by atoms with Crippen LogP contribution < -0.4 is 16.4 Å². The average molecular weight is 600 g/mol. The highest BCUT2D eigenvalue weighted by atomic mass is 16.5. The first-order valence-electron chi connectivity index (χ1n) is 15.3. The van der Waals surface area contributed by atoms with Crippen molar-refractivity contribution in [3.05, 3.63) is 96.0 Å². The van der Waals surface area contributed by atoms with Gasteiger partial charge in [0, 0.05) is 6.20 Å². The van der Waals surface area contributed by atoms with Gasteiger partial charge in [-0.15, -0.1) is 0 Å². The normalized spacial score (nSPS) is 17.3. The summed E-state index contributed by atoms with van der Waals surface area (Å²) < 4.78 is 7.50. The van der Waals surface area contributed by atoms with Gasteiger partial charge >= 0.3 is 0 Å². The molecule has 0 spiro atoms. The van der Waals surface area contributed by atoms with Crippen molar-refractivity contribution in [3.8, 4) is 0 Å². The van der Waals surface area contributed by atoms with Crippen LogP contribution in [0.25, 0.3) is 0 Å². The second-order valence-electron chi connectivity index (χ2n) is 13.0. The summed E-state index contributed by atoms with van der Waals surface area (Å²) in [5, 5.41) is 5.47. The number of carbonyl (C=O) groups excluding carboxylic acids is 3. The largest absolute Gasteiger partial charge is 0.374 e. The third-order valence-electron chi connectivity index (χ3n) is 7.96. The molecule has 2 amide bonds. The third kappa shape index (κ3) is 9.46. The Morgan fingerprint density at radius 1 is 1.05 bits per heavy atom. The number of imidazole rings is 1. The zero-order valence-electron chi connectivity index (χ0n) is 26.2. The van der Waals surface area contributed by atoms with E-state index in [1.54, 1.807) is 30.9 Å². The topological polar surface area (TPSA) is 128 Å². The number of ether oxygens (including phenoxy) is 1. The summed E-state index contributed by atoms with van der Waals surface area (Å²) in [5.41, 5.74) is 7.99. The fraction of sp³-hybridized carbons (Fsp3) is 0.429. The van der Waals surface area contributed by atoms with E-state index in [4.69, 9.17) is 10.5 Å². The van der Waals surface area contributed by atoms with Crippen molar-refractivity contribution in [3.63, 3.8) is 0 Å². The SMILES string of the molecule is CC1(C)CCCC(=CC(=O)C(c2ccccc2)n2cnc(NC(=O)[C@@H](COCc3ccccc3)NC(=O)C(C)(C)N)c2)CC1. The highest BCUT2D eigenvalue weighted by Crippen LogP contribution is 2.36. The van der Waals surface area contributed by atoms with Crippen LogP contribution in [0.2, 0.25) is 0 Å². The Balaban J connectivity index is 1.51. The van der Waals surface area contributed by atoms with E-state index in [-0.39, 0.29) is 30.2 Å². The number of carbonyl (C=O) groups is 3. The number of ketones is 1. The van der Waals surface area contributed by atoms with E-state index in [1.807, 2.05) is 66.7 Å². The molecule has 0 bridgehead atoms. The highest BCUT2D eigenvalue weighted by Gasteiger charge is 2.29. The molecule has 0 saturated heterocycles. The summed E-state index contributed by atoms with van der Waals surface area (Å²) in [7, 11) is 0. The average Bonchev–Trinajstić information content (AvgIpc) is 3.35. The number of aromatic nitrogens is 2. The van der Waals surface area contributed by atoms with Crippen LogP contribution in [0.1, 0.15) is 77.0 Å². The maximum Gasteiger partial charge on any atom is 0.250 e. The molecule has 9 nitrogen and oxygen atoms in total. The molecule has 9 heteroatoms. The van der Waals surface area contributed by atoms with Crippen molar-refractivity contribution in [2.75, 3.05) is 11.9 Å². The number of anilines is 1. The molecule has 3 aromatic rings. The molecular formula is C35H45N5O4. The lowest BCUT2D eigenvalue weighted by Crippen LogP contribution is -2.56. The molecule has 2 aromatic carbocycles. The van der Waals surface area contributed by atoms with E-state index in [0.29, 0.717) is 0 Å². The first-order valence-corrected chi connectivity index (χ1v) is 15.3. The minimum atomic E-state index is -1.19. The molecule has 4 N–H and O–H groups in total. The number of hydrogen-bond acceptors (Lipinski definition) is 6. The minimum absolute atomic E-state index is 0.0363. The number of nitrogens with one attached hydrogen (secondary N) is 2. The second kappa shape index (κ2) is 14.6. The zero-order chi connectivity index (χ0) is 31.7. The maximum atomic E-state index is 13.8. The van der Waals surface area contributed by atoms with Gasteiger partial charge < -0.3 is 25.7 Å². The number of rotatable bonds is 12. The van der Waals surface area contributed by atoms with Crippen LogP contribution in [0.15, 0.2) is 84.8 Å². The van der Waals surface area contributed by atoms with Gasteiger partial charge in [-0.05, 0) is 68.6 Å². The van der Waals surface area contributed by atoms with Crippen molar-refractivity contribution >= 4 is 23.4 Å². The monoisotopic (exact) mass is 599 g/mol. The Kier molecular flexibility index (Phi) is 10.9. The lowest BCUT2D eigenvalue weighted by Gasteiger charge is -2.23. The fourth-order valence-corrected chi connectivity index (χ4v) is 5.24. The molecule has 234 valence electrons. The Morgan fingerprint density at radius 2 is 1.73 bits per heavy atom. The molecule has 0 radical (unpaired) electrons. The van der Waals surface area contributed by atoms with Crippen molar-refractivity contribution in [2.45, 2.75) is 84.0 Å². The molecule has 1 aliphatic carbocycles. The van der Waals surface area contributed by atoms with Crippen molar-refractivity contribution in [2.24, 2.45) is 11.1 Å². The number of amides is 2. The molecule has 0 aliphatic heterocycles. The molecule has 4 rings (SSSR count). The molecule has 1 aromatic heterocycles. The number of hydrogen-bond donors (Lipinski definition) is 3. The standard InChI is InChI=1S/C35H45N5O4/c1-34(2)18-11-14-25(17-19-34)20-29(41)31(27-15-9-6-10-16-27)40-21-30(37-24-40)39-32(42)28(38-33(43)35(3,4)36)23-44-22-26-12-7-5-8-13-26/h5-10,12-13,15-16,20-21,24,28,31H,11,14,17-19,22-23,36H2,1-4H3,(H,38,43)(H,39,42)/t28-,31?/m1/s1. The van der Waals surface area contributed by atoms with E-state index in [9.17, 15) is 14.4 Å². The summed E-state index contributed by atoms with van der Waals surface area (Å²) in [6.45, 7) is 7.90. The van der Waals surface area contributed by atoms with Gasteiger partial charge in [0.1, 0.15) is 12.1 Å². The molecule has 1 saturated carbocycles. The van der Waals surface area contributed by atoms with E-state index in [2.05, 4.69) is 29.5 Å². The second-order valence-corrected chi connectivity index (χ2v) is 13.0.